The van der Waals surface area contributed by atoms with Crippen molar-refractivity contribution in [1.29, 1.82) is 0 Å². The Morgan fingerprint density at radius 1 is 1.53 bits per heavy atom. The molecule has 1 aromatic carbocycles. The zero-order valence-electron chi connectivity index (χ0n) is 10.2. The molecular weight excluding hydrogens is 283 g/mol. The molecule has 0 N–H and O–H groups in total. The molecule has 0 aromatic heterocycles. The lowest BCUT2D eigenvalue weighted by Crippen LogP contribution is -2.19. The number of hydrogen-bond donors (Lipinski definition) is 0. The lowest BCUT2D eigenvalue weighted by Gasteiger charge is -2.23. The van der Waals surface area contributed by atoms with Crippen molar-refractivity contribution in [2.45, 2.75) is 37.6 Å². The topological polar surface area (TPSA) is 9.23 Å². The Labute approximate surface area is 110 Å². The third-order valence-corrected chi connectivity index (χ3v) is 4.75. The molecule has 1 fully saturated rings. The molecule has 3 heteroatoms. The molecule has 3 atom stereocenters. The molecule has 1 saturated heterocycles. The van der Waals surface area contributed by atoms with Gasteiger partial charge in [0.05, 0.1) is 6.10 Å². The zero-order chi connectivity index (χ0) is 12.4. The van der Waals surface area contributed by atoms with E-state index in [-0.39, 0.29) is 10.6 Å². The first-order valence-corrected chi connectivity index (χ1v) is 7.06. The van der Waals surface area contributed by atoms with Gasteiger partial charge in [-0.25, -0.2) is 4.39 Å². The summed E-state index contributed by atoms with van der Waals surface area (Å²) in [6.07, 6.45) is 2.43. The van der Waals surface area contributed by atoms with E-state index in [1.54, 1.807) is 13.0 Å². The van der Waals surface area contributed by atoms with E-state index in [0.717, 1.165) is 25.0 Å². The third-order valence-electron chi connectivity index (χ3n) is 3.54. The Morgan fingerprint density at radius 3 is 2.94 bits per heavy atom. The summed E-state index contributed by atoms with van der Waals surface area (Å²) >= 11 is 3.75. The molecule has 94 valence electrons. The van der Waals surface area contributed by atoms with Crippen molar-refractivity contribution in [3.8, 4) is 0 Å². The number of aryl methyl sites for hydroxylation is 1. The minimum absolute atomic E-state index is 0.136. The monoisotopic (exact) mass is 300 g/mol. The smallest absolute Gasteiger partial charge is 0.126 e. The van der Waals surface area contributed by atoms with Crippen LogP contribution in [0.1, 0.15) is 35.7 Å². The summed E-state index contributed by atoms with van der Waals surface area (Å²) in [5.41, 5.74) is 1.86. The molecule has 1 aliphatic rings. The van der Waals surface area contributed by atoms with E-state index in [1.807, 2.05) is 12.1 Å². The fourth-order valence-corrected chi connectivity index (χ4v) is 3.40. The maximum Gasteiger partial charge on any atom is 0.126 e. The summed E-state index contributed by atoms with van der Waals surface area (Å²) in [5.74, 6) is 0.355. The van der Waals surface area contributed by atoms with Crippen LogP contribution in [-0.2, 0) is 4.74 Å². The van der Waals surface area contributed by atoms with Crippen molar-refractivity contribution in [2.24, 2.45) is 5.92 Å². The Kier molecular flexibility index (Phi) is 4.21. The van der Waals surface area contributed by atoms with Gasteiger partial charge in [0.2, 0.25) is 0 Å². The second-order valence-corrected chi connectivity index (χ2v) is 5.67. The van der Waals surface area contributed by atoms with Gasteiger partial charge in [0, 0.05) is 17.4 Å². The summed E-state index contributed by atoms with van der Waals surface area (Å²) in [5, 5.41) is 0. The highest BCUT2D eigenvalue weighted by atomic mass is 79.9. The minimum atomic E-state index is -0.136. The number of benzene rings is 1. The largest absolute Gasteiger partial charge is 0.378 e. The van der Waals surface area contributed by atoms with Crippen LogP contribution >= 0.6 is 15.9 Å². The van der Waals surface area contributed by atoms with Crippen molar-refractivity contribution < 1.29 is 9.13 Å². The number of hydrogen-bond acceptors (Lipinski definition) is 1. The van der Waals surface area contributed by atoms with Gasteiger partial charge in [-0.2, -0.15) is 0 Å². The van der Waals surface area contributed by atoms with Crippen molar-refractivity contribution in [2.75, 3.05) is 6.61 Å². The predicted octanol–water partition coefficient (Wildman–Crippen LogP) is 4.39. The van der Waals surface area contributed by atoms with Crippen molar-refractivity contribution >= 4 is 15.9 Å². The average molecular weight is 301 g/mol. The SMILES string of the molecule is CCC1OCCC1C(Br)c1ccc(F)c(C)c1. The highest BCUT2D eigenvalue weighted by Gasteiger charge is 2.33. The van der Waals surface area contributed by atoms with Crippen LogP contribution in [0.15, 0.2) is 18.2 Å². The van der Waals surface area contributed by atoms with Crippen molar-refractivity contribution in [1.82, 2.24) is 0 Å². The predicted molar refractivity (Wildman–Crippen MR) is 70.9 cm³/mol. The van der Waals surface area contributed by atoms with Crippen LogP contribution in [0.5, 0.6) is 0 Å². The molecule has 0 saturated carbocycles. The maximum atomic E-state index is 13.2. The molecular formula is C14H18BrFO. The lowest BCUT2D eigenvalue weighted by molar-refractivity contribution is 0.0873. The van der Waals surface area contributed by atoms with E-state index in [1.165, 1.54) is 0 Å². The standard InChI is InChI=1S/C14H18BrFO/c1-3-13-11(6-7-17-13)14(15)10-4-5-12(16)9(2)8-10/h4-5,8,11,13-14H,3,6-7H2,1-2H3. The molecule has 0 amide bonds. The molecule has 3 unspecified atom stereocenters. The van der Waals surface area contributed by atoms with Gasteiger partial charge in [0.1, 0.15) is 5.82 Å². The van der Waals surface area contributed by atoms with E-state index in [2.05, 4.69) is 22.9 Å². The van der Waals surface area contributed by atoms with Gasteiger partial charge >= 0.3 is 0 Å². The summed E-state index contributed by atoms with van der Waals surface area (Å²) in [7, 11) is 0. The zero-order valence-corrected chi connectivity index (χ0v) is 11.8. The van der Waals surface area contributed by atoms with Gasteiger partial charge in [-0.15, -0.1) is 0 Å². The van der Waals surface area contributed by atoms with Crippen LogP contribution in [0.25, 0.3) is 0 Å². The second kappa shape index (κ2) is 5.49. The number of alkyl halides is 1. The van der Waals surface area contributed by atoms with Crippen LogP contribution in [0.4, 0.5) is 4.39 Å². The summed E-state index contributed by atoms with van der Waals surface area (Å²) < 4.78 is 18.9. The van der Waals surface area contributed by atoms with E-state index in [4.69, 9.17) is 4.74 Å². The van der Waals surface area contributed by atoms with E-state index < -0.39 is 0 Å². The summed E-state index contributed by atoms with van der Waals surface area (Å²) in [6.45, 7) is 4.80. The van der Waals surface area contributed by atoms with Gasteiger partial charge in [-0.1, -0.05) is 35.0 Å². The fraction of sp³-hybridized carbons (Fsp3) is 0.571. The Hall–Kier alpha value is -0.410. The summed E-state index contributed by atoms with van der Waals surface area (Å²) in [6, 6.07) is 5.35. The third kappa shape index (κ3) is 2.71. The normalized spacial score (nSPS) is 26.1. The highest BCUT2D eigenvalue weighted by molar-refractivity contribution is 9.09. The molecule has 1 nitrogen and oxygen atoms in total. The first kappa shape index (κ1) is 13.0. The Morgan fingerprint density at radius 2 is 2.29 bits per heavy atom. The molecule has 0 aliphatic carbocycles. The van der Waals surface area contributed by atoms with Crippen molar-refractivity contribution in [3.05, 3.63) is 35.1 Å². The quantitative estimate of drug-likeness (QED) is 0.753. The van der Waals surface area contributed by atoms with Crippen LogP contribution in [0.3, 0.4) is 0 Å². The number of ether oxygens (including phenoxy) is 1. The van der Waals surface area contributed by atoms with Crippen molar-refractivity contribution in [3.63, 3.8) is 0 Å². The molecule has 17 heavy (non-hydrogen) atoms. The Bertz CT molecular complexity index is 394. The van der Waals surface area contributed by atoms with E-state index in [9.17, 15) is 4.39 Å². The molecule has 0 bridgehead atoms. The van der Waals surface area contributed by atoms with Crippen LogP contribution in [0, 0.1) is 18.7 Å². The van der Waals surface area contributed by atoms with Gasteiger partial charge in [-0.05, 0) is 37.0 Å². The van der Waals surface area contributed by atoms with Crippen LogP contribution in [-0.4, -0.2) is 12.7 Å². The summed E-state index contributed by atoms with van der Waals surface area (Å²) in [4.78, 5) is 0.259. The average Bonchev–Trinajstić information content (AvgIpc) is 2.80. The van der Waals surface area contributed by atoms with E-state index >= 15 is 0 Å². The van der Waals surface area contributed by atoms with Crippen LogP contribution in [0.2, 0.25) is 0 Å². The molecule has 0 spiro atoms. The number of rotatable bonds is 3. The van der Waals surface area contributed by atoms with Gasteiger partial charge in [-0.3, -0.25) is 0 Å². The molecule has 2 rings (SSSR count). The molecule has 1 aliphatic heterocycles. The van der Waals surface area contributed by atoms with Gasteiger partial charge < -0.3 is 4.74 Å². The first-order valence-electron chi connectivity index (χ1n) is 6.15. The first-order chi connectivity index (χ1) is 8.13. The molecule has 1 aromatic rings. The van der Waals surface area contributed by atoms with Crippen LogP contribution < -0.4 is 0 Å². The lowest BCUT2D eigenvalue weighted by atomic mass is 9.91. The Balaban J connectivity index is 2.18. The molecule has 0 radical (unpaired) electrons. The molecule has 1 heterocycles. The fourth-order valence-electron chi connectivity index (χ4n) is 2.51. The van der Waals surface area contributed by atoms with E-state index in [0.29, 0.717) is 17.6 Å². The minimum Gasteiger partial charge on any atom is -0.378 e. The van der Waals surface area contributed by atoms with Gasteiger partial charge in [0.15, 0.2) is 0 Å². The highest BCUT2D eigenvalue weighted by Crippen LogP contribution is 2.40. The number of halogens is 2. The maximum absolute atomic E-state index is 13.2. The second-order valence-electron chi connectivity index (χ2n) is 4.68. The van der Waals surface area contributed by atoms with Gasteiger partial charge in [0.25, 0.3) is 0 Å².